The van der Waals surface area contributed by atoms with Crippen molar-refractivity contribution in [3.63, 3.8) is 0 Å². The minimum atomic E-state index is -0.142. The van der Waals surface area contributed by atoms with E-state index in [0.29, 0.717) is 0 Å². The van der Waals surface area contributed by atoms with Crippen molar-refractivity contribution in [2.45, 2.75) is 32.7 Å². The largest absolute Gasteiger partial charge is 0.378 e. The summed E-state index contributed by atoms with van der Waals surface area (Å²) in [7, 11) is 2.06. The van der Waals surface area contributed by atoms with E-state index in [2.05, 4.69) is 67.1 Å². The van der Waals surface area contributed by atoms with Crippen LogP contribution in [0.3, 0.4) is 0 Å². The lowest BCUT2D eigenvalue weighted by Gasteiger charge is -2.29. The molecule has 4 nitrogen and oxygen atoms in total. The van der Waals surface area contributed by atoms with E-state index in [1.165, 1.54) is 11.1 Å². The number of carbonyl (C=O) groups is 1. The lowest BCUT2D eigenvalue weighted by atomic mass is 9.95. The monoisotopic (exact) mass is 380 g/mol. The molecule has 150 valence electrons. The summed E-state index contributed by atoms with van der Waals surface area (Å²) in [4.78, 5) is 17.8. The van der Waals surface area contributed by atoms with Crippen LogP contribution in [0.15, 0.2) is 48.5 Å². The molecule has 0 radical (unpaired) electrons. The average Bonchev–Trinajstić information content (AvgIpc) is 2.74. The Hall–Kier alpha value is -2.17. The van der Waals surface area contributed by atoms with Gasteiger partial charge < -0.3 is 9.64 Å². The zero-order valence-corrected chi connectivity index (χ0v) is 17.4. The standard InChI is InChI=1S/C24H32N2O2/c1-4-13-25(3)23(18-20-7-5-19(2)6-8-20)24(27)21-9-11-22(12-10-21)26-14-16-28-17-15-26/h5-12,23H,4,13-18H2,1-3H3. The number of carbonyl (C=O) groups excluding carboxylic acids is 1. The van der Waals surface area contributed by atoms with E-state index in [-0.39, 0.29) is 11.8 Å². The molecule has 0 bridgehead atoms. The molecule has 1 fully saturated rings. The van der Waals surface area contributed by atoms with Gasteiger partial charge in [-0.25, -0.2) is 0 Å². The number of rotatable bonds is 8. The van der Waals surface area contributed by atoms with Gasteiger partial charge in [-0.2, -0.15) is 0 Å². The van der Waals surface area contributed by atoms with Crippen molar-refractivity contribution in [3.05, 3.63) is 65.2 Å². The van der Waals surface area contributed by atoms with Gasteiger partial charge in [0, 0.05) is 24.3 Å². The van der Waals surface area contributed by atoms with Gasteiger partial charge in [0.1, 0.15) is 0 Å². The number of Topliss-reactive ketones (excluding diaryl/α,β-unsaturated/α-hetero) is 1. The first-order chi connectivity index (χ1) is 13.6. The number of likely N-dealkylation sites (N-methyl/N-ethyl adjacent to an activating group) is 1. The molecule has 1 saturated heterocycles. The predicted octanol–water partition coefficient (Wildman–Crippen LogP) is 3.97. The highest BCUT2D eigenvalue weighted by Crippen LogP contribution is 2.20. The van der Waals surface area contributed by atoms with Gasteiger partial charge in [0.05, 0.1) is 19.3 Å². The van der Waals surface area contributed by atoms with Crippen LogP contribution >= 0.6 is 0 Å². The van der Waals surface area contributed by atoms with Gasteiger partial charge in [-0.1, -0.05) is 36.8 Å². The number of ether oxygens (including phenoxy) is 1. The lowest BCUT2D eigenvalue weighted by Crippen LogP contribution is -2.40. The van der Waals surface area contributed by atoms with Crippen molar-refractivity contribution in [2.24, 2.45) is 0 Å². The molecule has 1 aliphatic rings. The fraction of sp³-hybridized carbons (Fsp3) is 0.458. The Bertz CT molecular complexity index is 749. The molecular formula is C24H32N2O2. The zero-order valence-electron chi connectivity index (χ0n) is 17.4. The molecule has 1 atom stereocenters. The van der Waals surface area contributed by atoms with Crippen molar-refractivity contribution in [2.75, 3.05) is 44.8 Å². The third-order valence-electron chi connectivity index (χ3n) is 5.49. The van der Waals surface area contributed by atoms with Crippen molar-refractivity contribution in [3.8, 4) is 0 Å². The summed E-state index contributed by atoms with van der Waals surface area (Å²) in [5, 5.41) is 0. The van der Waals surface area contributed by atoms with Crippen molar-refractivity contribution in [1.29, 1.82) is 0 Å². The number of hydrogen-bond acceptors (Lipinski definition) is 4. The summed E-state index contributed by atoms with van der Waals surface area (Å²) in [6.45, 7) is 8.49. The van der Waals surface area contributed by atoms with E-state index in [4.69, 9.17) is 4.74 Å². The van der Waals surface area contributed by atoms with Gasteiger partial charge in [-0.3, -0.25) is 9.69 Å². The number of hydrogen-bond donors (Lipinski definition) is 0. The second-order valence-electron chi connectivity index (χ2n) is 7.70. The first kappa shape index (κ1) is 20.6. The number of benzene rings is 2. The summed E-state index contributed by atoms with van der Waals surface area (Å²) in [6, 6.07) is 16.5. The van der Waals surface area contributed by atoms with Gasteiger partial charge >= 0.3 is 0 Å². The summed E-state index contributed by atoms with van der Waals surface area (Å²) in [5.41, 5.74) is 4.40. The van der Waals surface area contributed by atoms with E-state index in [1.54, 1.807) is 0 Å². The molecule has 0 aliphatic carbocycles. The molecule has 3 rings (SSSR count). The van der Waals surface area contributed by atoms with Gasteiger partial charge in [0.25, 0.3) is 0 Å². The predicted molar refractivity (Wildman–Crippen MR) is 115 cm³/mol. The Balaban J connectivity index is 1.76. The highest BCUT2D eigenvalue weighted by atomic mass is 16.5. The van der Waals surface area contributed by atoms with Crippen molar-refractivity contribution in [1.82, 2.24) is 4.90 Å². The quantitative estimate of drug-likeness (QED) is 0.649. The Labute approximate surface area is 169 Å². The minimum absolute atomic E-state index is 0.142. The lowest BCUT2D eigenvalue weighted by molar-refractivity contribution is 0.0850. The number of anilines is 1. The molecule has 0 N–H and O–H groups in total. The van der Waals surface area contributed by atoms with Gasteiger partial charge in [0.2, 0.25) is 0 Å². The van der Waals surface area contributed by atoms with E-state index in [1.807, 2.05) is 12.1 Å². The summed E-state index contributed by atoms with van der Waals surface area (Å²) >= 11 is 0. The van der Waals surface area contributed by atoms with Crippen LogP contribution in [0.1, 0.15) is 34.8 Å². The fourth-order valence-corrected chi connectivity index (χ4v) is 3.76. The summed E-state index contributed by atoms with van der Waals surface area (Å²) in [6.07, 6.45) is 1.77. The second kappa shape index (κ2) is 9.85. The SMILES string of the molecule is CCCN(C)C(Cc1ccc(C)cc1)C(=O)c1ccc(N2CCOCC2)cc1. The van der Waals surface area contributed by atoms with Gasteiger partial charge in [-0.05, 0) is 63.2 Å². The molecule has 1 unspecified atom stereocenters. The molecule has 28 heavy (non-hydrogen) atoms. The van der Waals surface area contributed by atoms with Crippen LogP contribution in [0.5, 0.6) is 0 Å². The van der Waals surface area contributed by atoms with Gasteiger partial charge in [0.15, 0.2) is 5.78 Å². The molecule has 0 aromatic heterocycles. The molecule has 0 spiro atoms. The van der Waals surface area contributed by atoms with Crippen LogP contribution < -0.4 is 4.90 Å². The Kier molecular flexibility index (Phi) is 7.24. The normalized spacial score (nSPS) is 15.6. The maximum absolute atomic E-state index is 13.3. The van der Waals surface area contributed by atoms with Crippen LogP contribution in [-0.4, -0.2) is 56.6 Å². The molecule has 0 amide bonds. The molecular weight excluding hydrogens is 348 g/mol. The van der Waals surface area contributed by atoms with E-state index >= 15 is 0 Å². The maximum Gasteiger partial charge on any atom is 0.180 e. The fourth-order valence-electron chi connectivity index (χ4n) is 3.76. The van der Waals surface area contributed by atoms with Crippen molar-refractivity contribution < 1.29 is 9.53 Å². The van der Waals surface area contributed by atoms with Crippen LogP contribution in [-0.2, 0) is 11.2 Å². The molecule has 4 heteroatoms. The first-order valence-electron chi connectivity index (χ1n) is 10.3. The Morgan fingerprint density at radius 2 is 1.71 bits per heavy atom. The molecule has 2 aromatic rings. The summed E-state index contributed by atoms with van der Waals surface area (Å²) < 4.78 is 5.43. The Morgan fingerprint density at radius 1 is 1.07 bits per heavy atom. The number of nitrogens with zero attached hydrogens (tertiary/aromatic N) is 2. The first-order valence-corrected chi connectivity index (χ1v) is 10.3. The smallest absolute Gasteiger partial charge is 0.180 e. The second-order valence-corrected chi connectivity index (χ2v) is 7.70. The summed E-state index contributed by atoms with van der Waals surface area (Å²) in [5.74, 6) is 0.199. The highest BCUT2D eigenvalue weighted by Gasteiger charge is 2.24. The van der Waals surface area contributed by atoms with E-state index in [9.17, 15) is 4.79 Å². The zero-order chi connectivity index (χ0) is 19.9. The van der Waals surface area contributed by atoms with Gasteiger partial charge in [-0.15, -0.1) is 0 Å². The molecule has 1 heterocycles. The highest BCUT2D eigenvalue weighted by molar-refractivity contribution is 6.00. The maximum atomic E-state index is 13.3. The number of morpholine rings is 1. The Morgan fingerprint density at radius 3 is 2.32 bits per heavy atom. The van der Waals surface area contributed by atoms with Crippen LogP contribution in [0.4, 0.5) is 5.69 Å². The molecule has 1 aliphatic heterocycles. The minimum Gasteiger partial charge on any atom is -0.378 e. The third kappa shape index (κ3) is 5.21. The number of ketones is 1. The third-order valence-corrected chi connectivity index (χ3v) is 5.49. The molecule has 0 saturated carbocycles. The van der Waals surface area contributed by atoms with E-state index < -0.39 is 0 Å². The van der Waals surface area contributed by atoms with E-state index in [0.717, 1.165) is 56.9 Å². The molecule has 2 aromatic carbocycles. The van der Waals surface area contributed by atoms with Crippen LogP contribution in [0.2, 0.25) is 0 Å². The average molecular weight is 381 g/mol. The topological polar surface area (TPSA) is 32.8 Å². The van der Waals surface area contributed by atoms with Crippen LogP contribution in [0, 0.1) is 6.92 Å². The number of aryl methyl sites for hydroxylation is 1. The van der Waals surface area contributed by atoms with Crippen LogP contribution in [0.25, 0.3) is 0 Å². The van der Waals surface area contributed by atoms with Crippen molar-refractivity contribution >= 4 is 11.5 Å².